The number of nitrogens with one attached hydrogen (secondary N) is 4. The molecule has 0 bridgehead atoms. The maximum atomic E-state index is 12.7. The Hall–Kier alpha value is -3.63. The summed E-state index contributed by atoms with van der Waals surface area (Å²) in [7, 11) is 3.12. The molecule has 0 spiro atoms. The van der Waals surface area contributed by atoms with Gasteiger partial charge in [-0.05, 0) is 24.8 Å². The van der Waals surface area contributed by atoms with Gasteiger partial charge in [0.15, 0.2) is 0 Å². The van der Waals surface area contributed by atoms with Crippen LogP contribution in [0.3, 0.4) is 0 Å². The molecule has 0 aromatic heterocycles. The Kier molecular flexibility index (Phi) is 12.1. The van der Waals surface area contributed by atoms with Crippen molar-refractivity contribution in [1.82, 2.24) is 26.2 Å². The fraction of sp³-hybridized carbons (Fsp3) is 0.522. The highest BCUT2D eigenvalue weighted by atomic mass is 16.5. The van der Waals surface area contributed by atoms with Crippen molar-refractivity contribution in [2.75, 3.05) is 27.2 Å². The van der Waals surface area contributed by atoms with Gasteiger partial charge in [-0.3, -0.25) is 19.2 Å². The van der Waals surface area contributed by atoms with Gasteiger partial charge >= 0.3 is 6.09 Å². The van der Waals surface area contributed by atoms with Gasteiger partial charge in [0.05, 0.1) is 13.1 Å². The van der Waals surface area contributed by atoms with Crippen molar-refractivity contribution >= 4 is 29.7 Å². The number of amides is 5. The highest BCUT2D eigenvalue weighted by Gasteiger charge is 2.26. The molecule has 2 atom stereocenters. The van der Waals surface area contributed by atoms with Gasteiger partial charge in [0.1, 0.15) is 18.7 Å². The molecular weight excluding hydrogens is 442 g/mol. The van der Waals surface area contributed by atoms with E-state index in [0.717, 1.165) is 5.56 Å². The van der Waals surface area contributed by atoms with E-state index in [2.05, 4.69) is 21.3 Å². The third-order valence-corrected chi connectivity index (χ3v) is 4.64. The number of nitrogens with zero attached hydrogens (tertiary/aromatic N) is 1. The van der Waals surface area contributed by atoms with Gasteiger partial charge in [0.2, 0.25) is 23.6 Å². The normalized spacial score (nSPS) is 12.2. The van der Waals surface area contributed by atoms with E-state index >= 15 is 0 Å². The van der Waals surface area contributed by atoms with Crippen LogP contribution in [0, 0.1) is 5.92 Å². The van der Waals surface area contributed by atoms with Gasteiger partial charge in [0.25, 0.3) is 0 Å². The number of likely N-dealkylation sites (N-methyl/N-ethyl adjacent to an activating group) is 1. The molecule has 0 unspecified atom stereocenters. The largest absolute Gasteiger partial charge is 0.445 e. The minimum atomic E-state index is -0.958. The number of carbonyl (C=O) groups excluding carboxylic acids is 5. The lowest BCUT2D eigenvalue weighted by molar-refractivity contribution is -0.132. The molecule has 1 aromatic rings. The Balaban J connectivity index is 2.52. The molecule has 11 heteroatoms. The summed E-state index contributed by atoms with van der Waals surface area (Å²) in [6.45, 7) is 4.78. The summed E-state index contributed by atoms with van der Waals surface area (Å²) in [5, 5.41) is 9.87. The maximum Gasteiger partial charge on any atom is 0.408 e. The monoisotopic (exact) mass is 477 g/mol. The number of ether oxygens (including phenoxy) is 1. The Labute approximate surface area is 200 Å². The van der Waals surface area contributed by atoms with Gasteiger partial charge < -0.3 is 30.9 Å². The van der Waals surface area contributed by atoms with E-state index in [-0.39, 0.29) is 31.5 Å². The molecular formula is C23H35N5O6. The predicted octanol–water partition coefficient (Wildman–Crippen LogP) is 0.153. The van der Waals surface area contributed by atoms with Gasteiger partial charge in [-0.1, -0.05) is 44.2 Å². The first kappa shape index (κ1) is 28.4. The highest BCUT2D eigenvalue weighted by Crippen LogP contribution is 2.07. The topological polar surface area (TPSA) is 146 Å². The summed E-state index contributed by atoms with van der Waals surface area (Å²) >= 11 is 0. The highest BCUT2D eigenvalue weighted by molar-refractivity contribution is 5.93. The minimum absolute atomic E-state index is 0.0592. The van der Waals surface area contributed by atoms with Crippen LogP contribution in [-0.4, -0.2) is 73.9 Å². The Morgan fingerprint density at radius 2 is 1.53 bits per heavy atom. The summed E-state index contributed by atoms with van der Waals surface area (Å²) in [5.41, 5.74) is 0.808. The van der Waals surface area contributed by atoms with E-state index in [0.29, 0.717) is 6.42 Å². The third-order valence-electron chi connectivity index (χ3n) is 4.64. The maximum absolute atomic E-state index is 12.7. The quantitative estimate of drug-likeness (QED) is 0.337. The van der Waals surface area contributed by atoms with Crippen LogP contribution in [0.1, 0.15) is 32.8 Å². The summed E-state index contributed by atoms with van der Waals surface area (Å²) in [5.74, 6) is -1.87. The molecule has 0 aliphatic heterocycles. The molecule has 0 saturated carbocycles. The van der Waals surface area contributed by atoms with Gasteiger partial charge in [-0.25, -0.2) is 4.79 Å². The molecule has 4 N–H and O–H groups in total. The molecule has 1 aromatic carbocycles. The first-order chi connectivity index (χ1) is 16.0. The van der Waals surface area contributed by atoms with E-state index in [4.69, 9.17) is 4.74 Å². The second-order valence-electron chi connectivity index (χ2n) is 8.40. The number of hydrogen-bond acceptors (Lipinski definition) is 6. The first-order valence-electron chi connectivity index (χ1n) is 11.0. The summed E-state index contributed by atoms with van der Waals surface area (Å²) in [6.07, 6.45) is -0.408. The van der Waals surface area contributed by atoms with Crippen molar-refractivity contribution in [2.24, 2.45) is 5.92 Å². The summed E-state index contributed by atoms with van der Waals surface area (Å²) < 4.78 is 5.18. The number of alkyl carbamates (subject to hydrolysis) is 1. The smallest absolute Gasteiger partial charge is 0.408 e. The van der Waals surface area contributed by atoms with Crippen molar-refractivity contribution in [3.05, 3.63) is 35.9 Å². The van der Waals surface area contributed by atoms with Crippen LogP contribution < -0.4 is 21.3 Å². The Morgan fingerprint density at radius 1 is 0.882 bits per heavy atom. The molecule has 188 valence electrons. The molecule has 0 fully saturated rings. The summed E-state index contributed by atoms with van der Waals surface area (Å²) in [4.78, 5) is 61.8. The van der Waals surface area contributed by atoms with Crippen molar-refractivity contribution in [3.63, 3.8) is 0 Å². The zero-order valence-electron chi connectivity index (χ0n) is 20.3. The molecule has 0 heterocycles. The first-order valence-corrected chi connectivity index (χ1v) is 11.0. The van der Waals surface area contributed by atoms with Crippen molar-refractivity contribution in [1.29, 1.82) is 0 Å². The van der Waals surface area contributed by atoms with E-state index in [1.807, 2.05) is 44.2 Å². The molecule has 11 nitrogen and oxygen atoms in total. The lowest BCUT2D eigenvalue weighted by Gasteiger charge is -2.22. The zero-order chi connectivity index (χ0) is 25.7. The Bertz CT molecular complexity index is 844. The van der Waals surface area contributed by atoms with Gasteiger partial charge in [-0.15, -0.1) is 0 Å². The molecule has 0 saturated heterocycles. The number of rotatable bonds is 12. The third kappa shape index (κ3) is 11.3. The average molecular weight is 478 g/mol. The standard InChI is InChI=1S/C23H35N5O6/c1-15(2)11-18(27-23(33)34-14-17-9-7-6-8-10-17)22(32)26-16(3)21(31)25-12-19(29)24-13-20(30)28(4)5/h6-10,15-16,18H,11-14H2,1-5H3,(H,24,29)(H,25,31)(H,26,32)(H,27,33)/t16-,18-/m0/s1. The zero-order valence-corrected chi connectivity index (χ0v) is 20.3. The summed E-state index contributed by atoms with van der Waals surface area (Å²) in [6, 6.07) is 7.26. The van der Waals surface area contributed by atoms with E-state index < -0.39 is 35.9 Å². The van der Waals surface area contributed by atoms with Gasteiger partial charge in [0, 0.05) is 14.1 Å². The Morgan fingerprint density at radius 3 is 2.12 bits per heavy atom. The number of carbonyl (C=O) groups is 5. The SMILES string of the molecule is CC(C)C[C@H](NC(=O)OCc1ccccc1)C(=O)N[C@@H](C)C(=O)NCC(=O)NCC(=O)N(C)C. The van der Waals surface area contributed by atoms with Crippen LogP contribution in [0.5, 0.6) is 0 Å². The van der Waals surface area contributed by atoms with Crippen LogP contribution in [-0.2, 0) is 30.5 Å². The fourth-order valence-corrected chi connectivity index (χ4v) is 2.70. The molecule has 1 rings (SSSR count). The van der Waals surface area contributed by atoms with Crippen LogP contribution >= 0.6 is 0 Å². The number of benzene rings is 1. The van der Waals surface area contributed by atoms with Crippen LogP contribution in [0.2, 0.25) is 0 Å². The predicted molar refractivity (Wildman–Crippen MR) is 125 cm³/mol. The molecule has 5 amide bonds. The minimum Gasteiger partial charge on any atom is -0.445 e. The second-order valence-corrected chi connectivity index (χ2v) is 8.40. The van der Waals surface area contributed by atoms with E-state index in [1.54, 1.807) is 14.1 Å². The molecule has 0 aliphatic rings. The van der Waals surface area contributed by atoms with Crippen LogP contribution in [0.15, 0.2) is 30.3 Å². The lowest BCUT2D eigenvalue weighted by atomic mass is 10.0. The number of hydrogen-bond donors (Lipinski definition) is 4. The molecule has 0 aliphatic carbocycles. The van der Waals surface area contributed by atoms with E-state index in [9.17, 15) is 24.0 Å². The van der Waals surface area contributed by atoms with Crippen molar-refractivity contribution in [3.8, 4) is 0 Å². The van der Waals surface area contributed by atoms with Crippen molar-refractivity contribution in [2.45, 2.75) is 45.9 Å². The van der Waals surface area contributed by atoms with Crippen molar-refractivity contribution < 1.29 is 28.7 Å². The van der Waals surface area contributed by atoms with E-state index in [1.165, 1.54) is 11.8 Å². The molecule has 0 radical (unpaired) electrons. The van der Waals surface area contributed by atoms with Crippen LogP contribution in [0.4, 0.5) is 4.79 Å². The lowest BCUT2D eigenvalue weighted by Crippen LogP contribution is -2.54. The average Bonchev–Trinajstić information content (AvgIpc) is 2.79. The second kappa shape index (κ2) is 14.5. The fourth-order valence-electron chi connectivity index (χ4n) is 2.70. The molecule has 34 heavy (non-hydrogen) atoms. The van der Waals surface area contributed by atoms with Gasteiger partial charge in [-0.2, -0.15) is 0 Å². The van der Waals surface area contributed by atoms with Crippen LogP contribution in [0.25, 0.3) is 0 Å².